The molecule has 14 heavy (non-hydrogen) atoms. The Balaban J connectivity index is 2.44. The first-order chi connectivity index (χ1) is 6.83. The maximum Gasteiger partial charge on any atom is 0.0728 e. The van der Waals surface area contributed by atoms with Gasteiger partial charge >= 0.3 is 0 Å². The number of ether oxygens (including phenoxy) is 1. The molecular weight excluding hydrogens is 242 g/mol. The topological polar surface area (TPSA) is 22.1 Å². The van der Waals surface area contributed by atoms with Gasteiger partial charge in [0.1, 0.15) is 0 Å². The Morgan fingerprint density at radius 1 is 1.50 bits per heavy atom. The van der Waals surface area contributed by atoms with Crippen LogP contribution in [0.1, 0.15) is 11.3 Å². The van der Waals surface area contributed by atoms with Crippen LogP contribution in [-0.4, -0.2) is 23.5 Å². The molecule has 0 atom stereocenters. The van der Waals surface area contributed by atoms with E-state index in [-0.39, 0.29) is 0 Å². The van der Waals surface area contributed by atoms with Crippen LogP contribution in [0.2, 0.25) is 0 Å². The molecule has 0 unspecified atom stereocenters. The van der Waals surface area contributed by atoms with E-state index in [4.69, 9.17) is 4.74 Å². The predicted molar refractivity (Wildman–Crippen MR) is 60.5 cm³/mol. The van der Waals surface area contributed by atoms with E-state index in [0.29, 0.717) is 6.61 Å². The minimum Gasteiger partial charge on any atom is -0.372 e. The van der Waals surface area contributed by atoms with Crippen molar-refractivity contribution in [1.29, 1.82) is 0 Å². The summed E-state index contributed by atoms with van der Waals surface area (Å²) >= 11 is 3.48. The Kier molecular flexibility index (Phi) is 2.99. The Morgan fingerprint density at radius 3 is 3.07 bits per heavy atom. The summed E-state index contributed by atoms with van der Waals surface area (Å²) in [6, 6.07) is 4.08. The van der Waals surface area contributed by atoms with Crippen LogP contribution in [0.4, 0.5) is 0 Å². The molecule has 2 rings (SSSR count). The fourth-order valence-electron chi connectivity index (χ4n) is 1.66. The Labute approximate surface area is 92.1 Å². The molecule has 0 spiro atoms. The molecule has 0 saturated heterocycles. The second-order valence-electron chi connectivity index (χ2n) is 3.34. The number of rotatable bonds is 2. The van der Waals surface area contributed by atoms with Gasteiger partial charge in [0.25, 0.3) is 0 Å². The van der Waals surface area contributed by atoms with Gasteiger partial charge in [0, 0.05) is 22.8 Å². The second kappa shape index (κ2) is 4.24. The summed E-state index contributed by atoms with van der Waals surface area (Å²) in [7, 11) is 0. The van der Waals surface area contributed by atoms with Gasteiger partial charge in [-0.15, -0.1) is 0 Å². The lowest BCUT2D eigenvalue weighted by molar-refractivity contribution is 0.211. The van der Waals surface area contributed by atoms with Crippen molar-refractivity contribution in [3.05, 3.63) is 35.2 Å². The number of pyridine rings is 1. The minimum atomic E-state index is 0.716. The van der Waals surface area contributed by atoms with Gasteiger partial charge in [0.05, 0.1) is 13.2 Å². The molecule has 0 radical (unpaired) electrons. The third-order valence-electron chi connectivity index (χ3n) is 2.44. The highest BCUT2D eigenvalue weighted by Crippen LogP contribution is 2.27. The van der Waals surface area contributed by atoms with Crippen LogP contribution in [0.15, 0.2) is 23.9 Å². The SMILES string of the molecule is Cc1ncccc1C1=C(CBr)COC1. The maximum absolute atomic E-state index is 5.44. The first-order valence-corrected chi connectivity index (χ1v) is 5.71. The van der Waals surface area contributed by atoms with Crippen molar-refractivity contribution in [2.45, 2.75) is 6.92 Å². The van der Waals surface area contributed by atoms with Crippen LogP contribution in [0.3, 0.4) is 0 Å². The normalized spacial score (nSPS) is 16.4. The first kappa shape index (κ1) is 9.87. The van der Waals surface area contributed by atoms with Crippen molar-refractivity contribution in [2.24, 2.45) is 0 Å². The van der Waals surface area contributed by atoms with E-state index >= 15 is 0 Å². The summed E-state index contributed by atoms with van der Waals surface area (Å²) in [5.74, 6) is 0. The van der Waals surface area contributed by atoms with Gasteiger partial charge in [0.2, 0.25) is 0 Å². The van der Waals surface area contributed by atoms with Gasteiger partial charge in [0.15, 0.2) is 0 Å². The fraction of sp³-hybridized carbons (Fsp3) is 0.364. The maximum atomic E-state index is 5.44. The van der Waals surface area contributed by atoms with Crippen LogP contribution in [-0.2, 0) is 4.74 Å². The number of aromatic nitrogens is 1. The van der Waals surface area contributed by atoms with Gasteiger partial charge in [-0.3, -0.25) is 4.98 Å². The molecule has 1 aliphatic rings. The Morgan fingerprint density at radius 2 is 2.36 bits per heavy atom. The molecule has 1 aliphatic heterocycles. The number of alkyl halides is 1. The van der Waals surface area contributed by atoms with E-state index < -0.39 is 0 Å². The zero-order valence-corrected chi connectivity index (χ0v) is 9.67. The number of aryl methyl sites for hydroxylation is 1. The molecule has 2 heterocycles. The average molecular weight is 254 g/mol. The van der Waals surface area contributed by atoms with Crippen molar-refractivity contribution >= 4 is 21.5 Å². The lowest BCUT2D eigenvalue weighted by atomic mass is 10.0. The lowest BCUT2D eigenvalue weighted by Crippen LogP contribution is -1.95. The smallest absolute Gasteiger partial charge is 0.0728 e. The molecule has 3 heteroatoms. The van der Waals surface area contributed by atoms with Gasteiger partial charge in [-0.2, -0.15) is 0 Å². The van der Waals surface area contributed by atoms with Crippen LogP contribution in [0.25, 0.3) is 5.57 Å². The molecule has 0 N–H and O–H groups in total. The highest BCUT2D eigenvalue weighted by molar-refractivity contribution is 9.09. The molecule has 1 aromatic rings. The number of hydrogen-bond acceptors (Lipinski definition) is 2. The summed E-state index contributed by atoms with van der Waals surface area (Å²) in [4.78, 5) is 4.29. The van der Waals surface area contributed by atoms with Crippen LogP contribution < -0.4 is 0 Å². The van der Waals surface area contributed by atoms with Gasteiger partial charge in [-0.1, -0.05) is 22.0 Å². The molecule has 0 saturated carbocycles. The monoisotopic (exact) mass is 253 g/mol. The number of nitrogens with zero attached hydrogens (tertiary/aromatic N) is 1. The minimum absolute atomic E-state index is 0.716. The van der Waals surface area contributed by atoms with E-state index in [1.165, 1.54) is 16.7 Å². The molecule has 74 valence electrons. The molecule has 0 aliphatic carbocycles. The number of halogens is 1. The van der Waals surface area contributed by atoms with Gasteiger partial charge in [-0.25, -0.2) is 0 Å². The Bertz CT molecular complexity index is 373. The third-order valence-corrected chi connectivity index (χ3v) is 3.12. The van der Waals surface area contributed by atoms with E-state index in [1.54, 1.807) is 0 Å². The largest absolute Gasteiger partial charge is 0.372 e. The zero-order valence-electron chi connectivity index (χ0n) is 8.09. The molecule has 0 amide bonds. The summed E-state index contributed by atoms with van der Waals surface area (Å²) in [6.07, 6.45) is 1.82. The van der Waals surface area contributed by atoms with Crippen LogP contribution in [0, 0.1) is 6.92 Å². The highest BCUT2D eigenvalue weighted by atomic mass is 79.9. The standard InChI is InChI=1S/C11H12BrNO/c1-8-10(3-2-4-13-8)11-7-14-6-9(11)5-12/h2-4H,5-7H2,1H3. The average Bonchev–Trinajstić information content (AvgIpc) is 2.66. The lowest BCUT2D eigenvalue weighted by Gasteiger charge is -2.06. The molecule has 0 fully saturated rings. The molecule has 0 bridgehead atoms. The van der Waals surface area contributed by atoms with Gasteiger partial charge in [-0.05, 0) is 24.1 Å². The third kappa shape index (κ3) is 1.74. The van der Waals surface area contributed by atoms with E-state index in [2.05, 4.69) is 27.0 Å². The van der Waals surface area contributed by atoms with Crippen molar-refractivity contribution in [1.82, 2.24) is 4.98 Å². The highest BCUT2D eigenvalue weighted by Gasteiger charge is 2.17. The van der Waals surface area contributed by atoms with Crippen molar-refractivity contribution in [3.63, 3.8) is 0 Å². The van der Waals surface area contributed by atoms with E-state index in [0.717, 1.165) is 17.6 Å². The first-order valence-electron chi connectivity index (χ1n) is 4.59. The molecule has 1 aromatic heterocycles. The zero-order chi connectivity index (χ0) is 9.97. The summed E-state index contributed by atoms with van der Waals surface area (Å²) in [5, 5.41) is 0.886. The van der Waals surface area contributed by atoms with Crippen LogP contribution in [0.5, 0.6) is 0 Å². The predicted octanol–water partition coefficient (Wildman–Crippen LogP) is 2.57. The van der Waals surface area contributed by atoms with Crippen molar-refractivity contribution < 1.29 is 4.74 Å². The summed E-state index contributed by atoms with van der Waals surface area (Å²) in [5.41, 5.74) is 4.93. The van der Waals surface area contributed by atoms with E-state index in [9.17, 15) is 0 Å². The quantitative estimate of drug-likeness (QED) is 0.757. The molecule has 2 nitrogen and oxygen atoms in total. The van der Waals surface area contributed by atoms with Crippen molar-refractivity contribution in [2.75, 3.05) is 18.5 Å². The molecule has 0 aromatic carbocycles. The molecular formula is C11H12BrNO. The second-order valence-corrected chi connectivity index (χ2v) is 3.91. The van der Waals surface area contributed by atoms with Crippen molar-refractivity contribution in [3.8, 4) is 0 Å². The van der Waals surface area contributed by atoms with Gasteiger partial charge < -0.3 is 4.74 Å². The Hall–Kier alpha value is -0.670. The number of hydrogen-bond donors (Lipinski definition) is 0. The summed E-state index contributed by atoms with van der Waals surface area (Å²) < 4.78 is 5.44. The fourth-order valence-corrected chi connectivity index (χ4v) is 2.16. The van der Waals surface area contributed by atoms with E-state index in [1.807, 2.05) is 19.2 Å². The summed E-state index contributed by atoms with van der Waals surface area (Å²) in [6.45, 7) is 3.49. The van der Waals surface area contributed by atoms with Crippen LogP contribution >= 0.6 is 15.9 Å².